The molecule has 7 nitrogen and oxygen atoms in total. The molecule has 0 aliphatic rings. The Kier molecular flexibility index (Phi) is 22.0. The number of esters is 1. The predicted molar refractivity (Wildman–Crippen MR) is 169 cm³/mol. The van der Waals surface area contributed by atoms with Gasteiger partial charge < -0.3 is 18.9 Å². The highest BCUT2D eigenvalue weighted by Gasteiger charge is 2.14. The second-order valence-electron chi connectivity index (χ2n) is 9.04. The van der Waals surface area contributed by atoms with E-state index in [0.29, 0.717) is 24.3 Å². The van der Waals surface area contributed by atoms with E-state index in [1.165, 1.54) is 10.5 Å². The van der Waals surface area contributed by atoms with Gasteiger partial charge >= 0.3 is 12.1 Å². The summed E-state index contributed by atoms with van der Waals surface area (Å²) in [5.74, 6) is 0.847. The van der Waals surface area contributed by atoms with E-state index < -0.39 is 12.1 Å². The van der Waals surface area contributed by atoms with Gasteiger partial charge in [-0.1, -0.05) is 53.3 Å². The summed E-state index contributed by atoms with van der Waals surface area (Å²) < 4.78 is 21.2. The van der Waals surface area contributed by atoms with Gasteiger partial charge in [0.05, 0.1) is 24.9 Å². The van der Waals surface area contributed by atoms with Gasteiger partial charge in [0, 0.05) is 27.8 Å². The number of carbonyl (C=O) groups is 2. The van der Waals surface area contributed by atoms with Gasteiger partial charge in [-0.3, -0.25) is 5.32 Å². The quantitative estimate of drug-likeness (QED) is 0.0956. The highest BCUT2D eigenvalue weighted by atomic mass is 32.2. The average Bonchev–Trinajstić information content (AvgIpc) is 3.47. The van der Waals surface area contributed by atoms with Crippen LogP contribution in [0, 0.1) is 0 Å². The molecular weight excluding hydrogens is 546 g/mol. The molecule has 2 atom stereocenters. The molecule has 0 fully saturated rings. The number of carbonyl (C=O) groups excluding carboxylic acids is 2. The van der Waals surface area contributed by atoms with Gasteiger partial charge in [-0.15, -0.1) is 11.8 Å². The minimum atomic E-state index is -0.586. The van der Waals surface area contributed by atoms with Crippen LogP contribution in [0.4, 0.5) is 10.5 Å². The van der Waals surface area contributed by atoms with Crippen molar-refractivity contribution in [3.8, 4) is 0 Å². The highest BCUT2D eigenvalue weighted by molar-refractivity contribution is 7.99. The first-order valence-corrected chi connectivity index (χ1v) is 15.8. The van der Waals surface area contributed by atoms with Crippen LogP contribution in [0.25, 0.3) is 0 Å². The summed E-state index contributed by atoms with van der Waals surface area (Å²) in [4.78, 5) is 23.5. The molecule has 0 saturated heterocycles. The summed E-state index contributed by atoms with van der Waals surface area (Å²) in [6.07, 6.45) is 2.25. The van der Waals surface area contributed by atoms with Gasteiger partial charge in [0.25, 0.3) is 0 Å². The molecular formula is C31H49NO6S2. The summed E-state index contributed by atoms with van der Waals surface area (Å²) in [6, 6.07) is 9.68. The van der Waals surface area contributed by atoms with Crippen molar-refractivity contribution in [1.29, 1.82) is 0 Å². The molecule has 1 heterocycles. The Balaban J connectivity index is 0.000000719. The molecule has 1 aromatic heterocycles. The van der Waals surface area contributed by atoms with E-state index >= 15 is 0 Å². The van der Waals surface area contributed by atoms with Crippen molar-refractivity contribution in [2.75, 3.05) is 30.9 Å². The molecule has 1 amide bonds. The number of benzene rings is 1. The summed E-state index contributed by atoms with van der Waals surface area (Å²) in [5, 5.41) is 6.87. The van der Waals surface area contributed by atoms with Crippen LogP contribution in [0.1, 0.15) is 73.3 Å². The van der Waals surface area contributed by atoms with E-state index in [2.05, 4.69) is 75.0 Å². The van der Waals surface area contributed by atoms with Crippen molar-refractivity contribution in [1.82, 2.24) is 0 Å². The van der Waals surface area contributed by atoms with Crippen molar-refractivity contribution in [2.45, 2.75) is 90.9 Å². The van der Waals surface area contributed by atoms with Gasteiger partial charge in [-0.25, -0.2) is 9.59 Å². The molecule has 9 heteroatoms. The van der Waals surface area contributed by atoms with Crippen molar-refractivity contribution in [3.63, 3.8) is 0 Å². The third-order valence-corrected chi connectivity index (χ3v) is 7.05. The number of thioether (sulfide) groups is 1. The predicted octanol–water partition coefficient (Wildman–Crippen LogP) is 8.56. The van der Waals surface area contributed by atoms with Crippen molar-refractivity contribution in [3.05, 3.63) is 59.3 Å². The van der Waals surface area contributed by atoms with E-state index in [-0.39, 0.29) is 25.4 Å². The van der Waals surface area contributed by atoms with E-state index in [0.717, 1.165) is 18.2 Å². The Bertz CT molecular complexity index is 916. The minimum Gasteiger partial charge on any atom is -0.459 e. The van der Waals surface area contributed by atoms with Gasteiger partial charge in [-0.05, 0) is 62.3 Å². The maximum Gasteiger partial charge on any atom is 0.411 e. The topological polar surface area (TPSA) is 83.1 Å². The fraction of sp³-hybridized carbons (Fsp3) is 0.548. The number of hydrogen-bond acceptors (Lipinski definition) is 8. The molecule has 0 aliphatic heterocycles. The highest BCUT2D eigenvalue weighted by Crippen LogP contribution is 2.23. The zero-order valence-corrected chi connectivity index (χ0v) is 27.1. The zero-order chi connectivity index (χ0) is 30.3. The van der Waals surface area contributed by atoms with Gasteiger partial charge in [0.2, 0.25) is 0 Å². The molecule has 2 aromatic rings. The Labute approximate surface area is 250 Å². The van der Waals surface area contributed by atoms with Crippen molar-refractivity contribution >= 4 is 40.8 Å². The number of ether oxygens (including phenoxy) is 4. The van der Waals surface area contributed by atoms with Crippen molar-refractivity contribution < 1.29 is 28.5 Å². The van der Waals surface area contributed by atoms with E-state index in [1.807, 2.05) is 49.9 Å². The second-order valence-corrected chi connectivity index (χ2v) is 10.9. The van der Waals surface area contributed by atoms with Crippen LogP contribution in [-0.4, -0.2) is 55.9 Å². The molecule has 0 radical (unpaired) electrons. The summed E-state index contributed by atoms with van der Waals surface area (Å²) in [5.41, 5.74) is 1.85. The zero-order valence-electron chi connectivity index (χ0n) is 25.4. The molecule has 2 rings (SSSR count). The lowest BCUT2D eigenvalue weighted by Gasteiger charge is -2.22. The molecule has 0 saturated carbocycles. The van der Waals surface area contributed by atoms with Crippen LogP contribution in [0.2, 0.25) is 0 Å². The fourth-order valence-electron chi connectivity index (χ4n) is 2.87. The van der Waals surface area contributed by atoms with E-state index in [4.69, 9.17) is 14.2 Å². The first-order valence-electron chi connectivity index (χ1n) is 13.9. The SMILES string of the molecule is C=CC(=O)OCCOC(=O)Nc1ccc(C(C)C)cc1.CC.CCC(C)OCC(CSc1ccsc1)OC(C)C. The molecule has 40 heavy (non-hydrogen) atoms. The van der Waals surface area contributed by atoms with Crippen LogP contribution < -0.4 is 5.32 Å². The van der Waals surface area contributed by atoms with E-state index in [1.54, 1.807) is 11.3 Å². The number of rotatable bonds is 15. The Morgan fingerprint density at radius 1 is 1.02 bits per heavy atom. The number of amides is 1. The number of thiophene rings is 1. The van der Waals surface area contributed by atoms with E-state index in [9.17, 15) is 9.59 Å². The molecule has 0 bridgehead atoms. The smallest absolute Gasteiger partial charge is 0.411 e. The molecule has 0 aliphatic carbocycles. The van der Waals surface area contributed by atoms with Gasteiger partial charge in [0.1, 0.15) is 13.2 Å². The van der Waals surface area contributed by atoms with Crippen LogP contribution in [0.5, 0.6) is 0 Å². The standard InChI is InChI=1S/C15H19NO4.C14H24O2S2.C2H6/c1-4-14(17)19-9-10-20-15(18)16-13-7-5-12(6-8-13)11(2)3;1-5-12(4)15-8-13(16-11(2)3)9-18-14-6-7-17-10-14;1-2/h4-8,11H,1,9-10H2,2-3H3,(H,16,18);6-7,10-13H,5,8-9H2,1-4H3;1-2H3. The third kappa shape index (κ3) is 18.9. The fourth-order valence-corrected chi connectivity index (χ4v) is 4.62. The van der Waals surface area contributed by atoms with Gasteiger partial charge in [-0.2, -0.15) is 11.3 Å². The van der Waals surface area contributed by atoms with Crippen LogP contribution in [0.15, 0.2) is 58.6 Å². The van der Waals surface area contributed by atoms with Crippen LogP contribution >= 0.6 is 23.1 Å². The lowest BCUT2D eigenvalue weighted by atomic mass is 10.0. The van der Waals surface area contributed by atoms with Crippen molar-refractivity contribution in [2.24, 2.45) is 0 Å². The minimum absolute atomic E-state index is 0.00447. The molecule has 1 aromatic carbocycles. The number of nitrogens with one attached hydrogen (secondary N) is 1. The summed E-state index contributed by atoms with van der Waals surface area (Å²) in [7, 11) is 0. The largest absolute Gasteiger partial charge is 0.459 e. The first-order chi connectivity index (χ1) is 19.1. The third-order valence-electron chi connectivity index (χ3n) is 5.09. The summed E-state index contributed by atoms with van der Waals surface area (Å²) >= 11 is 3.58. The molecule has 2 unspecified atom stereocenters. The normalized spacial score (nSPS) is 11.8. The average molecular weight is 596 g/mol. The second kappa shape index (κ2) is 23.4. The molecule has 1 N–H and O–H groups in total. The lowest BCUT2D eigenvalue weighted by molar-refractivity contribution is -0.138. The number of hydrogen-bond donors (Lipinski definition) is 1. The Hall–Kier alpha value is -2.33. The van der Waals surface area contributed by atoms with Crippen LogP contribution in [0.3, 0.4) is 0 Å². The maximum absolute atomic E-state index is 11.5. The Morgan fingerprint density at radius 3 is 2.20 bits per heavy atom. The lowest BCUT2D eigenvalue weighted by Crippen LogP contribution is -2.27. The first kappa shape index (κ1) is 37.7. The summed E-state index contributed by atoms with van der Waals surface area (Å²) in [6.45, 7) is 20.5. The monoisotopic (exact) mass is 595 g/mol. The maximum atomic E-state index is 11.5. The Morgan fingerprint density at radius 2 is 1.68 bits per heavy atom. The number of anilines is 1. The molecule has 226 valence electrons. The van der Waals surface area contributed by atoms with Crippen LogP contribution in [-0.2, 0) is 23.7 Å². The molecule has 0 spiro atoms. The van der Waals surface area contributed by atoms with Gasteiger partial charge in [0.15, 0.2) is 0 Å².